The summed E-state index contributed by atoms with van der Waals surface area (Å²) in [6.45, 7) is 3.65. The first kappa shape index (κ1) is 21.9. The highest BCUT2D eigenvalue weighted by molar-refractivity contribution is 5.85. The predicted molar refractivity (Wildman–Crippen MR) is 133 cm³/mol. The Morgan fingerprint density at radius 3 is 2.74 bits per heavy atom. The molecule has 1 aliphatic carbocycles. The van der Waals surface area contributed by atoms with Crippen molar-refractivity contribution in [3.05, 3.63) is 42.9 Å². The molecule has 2 atom stereocenters. The van der Waals surface area contributed by atoms with Crippen LogP contribution in [0.15, 0.2) is 42.9 Å². The highest BCUT2D eigenvalue weighted by Gasteiger charge is 2.31. The normalized spacial score (nSPS) is 24.2. The van der Waals surface area contributed by atoms with E-state index in [0.29, 0.717) is 11.8 Å². The number of hydrogen-bond donors (Lipinski definition) is 0. The molecule has 2 saturated heterocycles. The summed E-state index contributed by atoms with van der Waals surface area (Å²) in [5.41, 5.74) is 3.60. The van der Waals surface area contributed by atoms with Crippen LogP contribution >= 0.6 is 0 Å². The van der Waals surface area contributed by atoms with Crippen LogP contribution in [-0.2, 0) is 16.1 Å². The van der Waals surface area contributed by atoms with Gasteiger partial charge in [-0.05, 0) is 68.2 Å². The molecule has 3 aromatic rings. The van der Waals surface area contributed by atoms with Crippen LogP contribution in [0.2, 0.25) is 0 Å². The third-order valence-corrected chi connectivity index (χ3v) is 8.16. The van der Waals surface area contributed by atoms with Crippen LogP contribution in [0.25, 0.3) is 22.0 Å². The van der Waals surface area contributed by atoms with Gasteiger partial charge in [-0.25, -0.2) is 4.68 Å². The smallest absolute Gasteiger partial charge is 0.225 e. The first-order valence-corrected chi connectivity index (χ1v) is 13.3. The van der Waals surface area contributed by atoms with Gasteiger partial charge in [-0.15, -0.1) is 0 Å². The van der Waals surface area contributed by atoms with Crippen molar-refractivity contribution in [1.82, 2.24) is 19.2 Å². The van der Waals surface area contributed by atoms with Crippen molar-refractivity contribution in [3.8, 4) is 11.1 Å². The number of carbonyl (C=O) groups excluding carboxylic acids is 1. The van der Waals surface area contributed by atoms with Gasteiger partial charge in [-0.2, -0.15) is 5.10 Å². The Morgan fingerprint density at radius 2 is 1.88 bits per heavy atom. The summed E-state index contributed by atoms with van der Waals surface area (Å²) in [5, 5.41) is 5.84. The Hall–Kier alpha value is -2.60. The van der Waals surface area contributed by atoms with Crippen molar-refractivity contribution in [1.29, 1.82) is 0 Å². The summed E-state index contributed by atoms with van der Waals surface area (Å²) in [5.74, 6) is 1.24. The zero-order valence-corrected chi connectivity index (χ0v) is 20.1. The molecule has 3 fully saturated rings. The Balaban J connectivity index is 1.12. The van der Waals surface area contributed by atoms with Gasteiger partial charge in [0.1, 0.15) is 6.23 Å². The second-order valence-corrected chi connectivity index (χ2v) is 10.5. The second kappa shape index (κ2) is 9.57. The molecule has 6 rings (SSSR count). The van der Waals surface area contributed by atoms with Gasteiger partial charge in [0.25, 0.3) is 0 Å². The zero-order valence-electron chi connectivity index (χ0n) is 20.1. The predicted octanol–water partition coefficient (Wildman–Crippen LogP) is 5.63. The van der Waals surface area contributed by atoms with Crippen molar-refractivity contribution in [3.63, 3.8) is 0 Å². The molecule has 3 aliphatic rings. The van der Waals surface area contributed by atoms with E-state index in [0.717, 1.165) is 63.9 Å². The van der Waals surface area contributed by atoms with Crippen LogP contribution in [0.5, 0.6) is 0 Å². The number of amides is 1. The first-order valence-electron chi connectivity index (χ1n) is 13.3. The van der Waals surface area contributed by atoms with Gasteiger partial charge in [0, 0.05) is 61.0 Å². The third-order valence-electron chi connectivity index (χ3n) is 8.16. The van der Waals surface area contributed by atoms with Gasteiger partial charge in [0.15, 0.2) is 0 Å². The third kappa shape index (κ3) is 4.40. The molecule has 0 spiro atoms. The van der Waals surface area contributed by atoms with E-state index in [1.54, 1.807) is 0 Å². The molecule has 180 valence electrons. The minimum Gasteiger partial charge on any atom is -0.357 e. The summed E-state index contributed by atoms with van der Waals surface area (Å²) in [7, 11) is 0. The van der Waals surface area contributed by atoms with Crippen LogP contribution in [-0.4, -0.2) is 44.9 Å². The van der Waals surface area contributed by atoms with E-state index in [9.17, 15) is 4.79 Å². The summed E-state index contributed by atoms with van der Waals surface area (Å²) < 4.78 is 10.2. The van der Waals surface area contributed by atoms with Crippen molar-refractivity contribution in [2.24, 2.45) is 11.8 Å². The van der Waals surface area contributed by atoms with Crippen molar-refractivity contribution < 1.29 is 9.53 Å². The van der Waals surface area contributed by atoms with E-state index in [4.69, 9.17) is 4.74 Å². The minimum atomic E-state index is 0.0725. The van der Waals surface area contributed by atoms with Gasteiger partial charge in [0.2, 0.25) is 5.91 Å². The van der Waals surface area contributed by atoms with Crippen LogP contribution in [0, 0.1) is 11.8 Å². The maximum absolute atomic E-state index is 12.9. The zero-order chi connectivity index (χ0) is 22.9. The van der Waals surface area contributed by atoms with Crippen molar-refractivity contribution in [2.45, 2.75) is 70.6 Å². The van der Waals surface area contributed by atoms with E-state index in [-0.39, 0.29) is 12.1 Å². The number of hydrogen-bond acceptors (Lipinski definition) is 3. The van der Waals surface area contributed by atoms with Crippen molar-refractivity contribution >= 4 is 16.8 Å². The molecule has 2 aromatic heterocycles. The number of likely N-dealkylation sites (tertiary alicyclic amines) is 1. The lowest BCUT2D eigenvalue weighted by Crippen LogP contribution is -2.35. The second-order valence-electron chi connectivity index (χ2n) is 10.5. The Bertz CT molecular complexity index is 1140. The Kier molecular flexibility index (Phi) is 6.16. The summed E-state index contributed by atoms with van der Waals surface area (Å²) in [4.78, 5) is 15.1. The van der Waals surface area contributed by atoms with E-state index in [1.165, 1.54) is 42.1 Å². The lowest BCUT2D eigenvalue weighted by Gasteiger charge is -2.26. The maximum Gasteiger partial charge on any atom is 0.225 e. The number of nitrogens with zero attached hydrogens (tertiary/aromatic N) is 4. The maximum atomic E-state index is 12.9. The molecule has 4 heterocycles. The lowest BCUT2D eigenvalue weighted by molar-refractivity contribution is -0.135. The SMILES string of the molecule is O=C(C1CCCCC1)N1CCC(Cn2ccc3cc(-c4cnn(C5CCCCO5)c4)ccc32)C1. The number of carbonyl (C=O) groups is 1. The molecule has 1 amide bonds. The fraction of sp³-hybridized carbons (Fsp3) is 0.571. The Labute approximate surface area is 201 Å². The van der Waals surface area contributed by atoms with E-state index in [2.05, 4.69) is 51.2 Å². The van der Waals surface area contributed by atoms with E-state index in [1.807, 2.05) is 10.9 Å². The molecule has 2 aliphatic heterocycles. The highest BCUT2D eigenvalue weighted by Crippen LogP contribution is 2.31. The average Bonchev–Trinajstić information content (AvgIpc) is 3.65. The molecule has 0 bridgehead atoms. The molecular weight excluding hydrogens is 424 g/mol. The van der Waals surface area contributed by atoms with Gasteiger partial charge in [-0.3, -0.25) is 4.79 Å². The average molecular weight is 461 g/mol. The van der Waals surface area contributed by atoms with E-state index >= 15 is 0 Å². The lowest BCUT2D eigenvalue weighted by atomic mass is 9.88. The van der Waals surface area contributed by atoms with E-state index < -0.39 is 0 Å². The van der Waals surface area contributed by atoms with Gasteiger partial charge >= 0.3 is 0 Å². The number of fused-ring (bicyclic) bond motifs is 1. The summed E-state index contributed by atoms with van der Waals surface area (Å²) in [6.07, 6.45) is 16.8. The van der Waals surface area contributed by atoms with Crippen LogP contribution in [0.1, 0.15) is 64.0 Å². The van der Waals surface area contributed by atoms with Gasteiger partial charge in [0.05, 0.1) is 6.20 Å². The molecule has 0 N–H and O–H groups in total. The van der Waals surface area contributed by atoms with Gasteiger partial charge < -0.3 is 14.2 Å². The first-order chi connectivity index (χ1) is 16.7. The fourth-order valence-electron chi connectivity index (χ4n) is 6.18. The summed E-state index contributed by atoms with van der Waals surface area (Å²) >= 11 is 0. The standard InChI is InChI=1S/C28H36N4O2/c33-28(22-6-2-1-3-7-22)31-13-11-21(19-31)18-30-14-12-24-16-23(9-10-26(24)30)25-17-29-32(20-25)27-8-4-5-15-34-27/h9-10,12,14,16-17,20-22,27H,1-8,11,13,15,18-19H2. The molecule has 1 saturated carbocycles. The minimum absolute atomic E-state index is 0.0725. The van der Waals surface area contributed by atoms with Crippen molar-refractivity contribution in [2.75, 3.05) is 19.7 Å². The monoisotopic (exact) mass is 460 g/mol. The largest absolute Gasteiger partial charge is 0.357 e. The number of ether oxygens (including phenoxy) is 1. The molecule has 6 heteroatoms. The highest BCUT2D eigenvalue weighted by atomic mass is 16.5. The topological polar surface area (TPSA) is 52.3 Å². The molecule has 1 aromatic carbocycles. The molecule has 2 unspecified atom stereocenters. The number of rotatable bonds is 5. The molecule has 6 nitrogen and oxygen atoms in total. The quantitative estimate of drug-likeness (QED) is 0.496. The van der Waals surface area contributed by atoms with Gasteiger partial charge in [-0.1, -0.05) is 25.3 Å². The molecule has 34 heavy (non-hydrogen) atoms. The van der Waals surface area contributed by atoms with Crippen LogP contribution in [0.3, 0.4) is 0 Å². The van der Waals surface area contributed by atoms with Crippen LogP contribution < -0.4 is 0 Å². The van der Waals surface area contributed by atoms with Crippen LogP contribution in [0.4, 0.5) is 0 Å². The number of benzene rings is 1. The molecule has 0 radical (unpaired) electrons. The fourth-order valence-corrected chi connectivity index (χ4v) is 6.18. The summed E-state index contributed by atoms with van der Waals surface area (Å²) in [6, 6.07) is 8.92. The number of aromatic nitrogens is 3. The Morgan fingerprint density at radius 1 is 1.00 bits per heavy atom. The molecular formula is C28H36N4O2.